The Hall–Kier alpha value is -1.20. The minimum absolute atomic E-state index is 0.00620. The summed E-state index contributed by atoms with van der Waals surface area (Å²) in [6.07, 6.45) is 0. The molecule has 0 saturated carbocycles. The fraction of sp³-hybridized carbons (Fsp3) is 0.750. The summed E-state index contributed by atoms with van der Waals surface area (Å²) < 4.78 is 4.82. The molecule has 0 bridgehead atoms. The second-order valence-corrected chi connectivity index (χ2v) is 6.03. The maximum absolute atomic E-state index is 12.1. The molecule has 1 amide bonds. The van der Waals surface area contributed by atoms with E-state index >= 15 is 0 Å². The Morgan fingerprint density at radius 2 is 2.00 bits per heavy atom. The van der Waals surface area contributed by atoms with Gasteiger partial charge in [0.25, 0.3) is 0 Å². The second-order valence-electron chi connectivity index (χ2n) is 5.04. The van der Waals surface area contributed by atoms with Crippen molar-refractivity contribution in [1.82, 2.24) is 5.32 Å². The topological polar surface area (TPSA) is 129 Å². The summed E-state index contributed by atoms with van der Waals surface area (Å²) in [5.41, 5.74) is -1.04. The van der Waals surface area contributed by atoms with Crippen LogP contribution in [0.15, 0.2) is 0 Å². The minimum atomic E-state index is -1.46. The fourth-order valence-corrected chi connectivity index (χ4v) is 2.30. The first kappa shape index (κ1) is 20.8. The van der Waals surface area contributed by atoms with Crippen molar-refractivity contribution in [3.8, 4) is 0 Å². The van der Waals surface area contributed by atoms with Crippen LogP contribution in [0.5, 0.6) is 0 Å². The number of hydrogen-bond donors (Lipinski definition) is 3. The van der Waals surface area contributed by atoms with Gasteiger partial charge in [-0.3, -0.25) is 9.59 Å². The fourth-order valence-electron chi connectivity index (χ4n) is 1.31. The standard InChI is InChI=1S/C12H22N2O7S/c1-5-20-10(16)9(13-8(2)15)6-22-11(17)12(3,4)7-21-14(18)19/h9,14,18H,5-7H2,1-4H3,(H,13,15)/t9-/m0/s1. The number of rotatable bonds is 9. The summed E-state index contributed by atoms with van der Waals surface area (Å²) in [5, 5.41) is 19.4. The lowest BCUT2D eigenvalue weighted by atomic mass is 9.97. The highest BCUT2D eigenvalue weighted by Gasteiger charge is 2.32. The number of carbonyl (C=O) groups is 3. The van der Waals surface area contributed by atoms with Crippen molar-refractivity contribution >= 4 is 28.8 Å². The lowest BCUT2D eigenvalue weighted by Crippen LogP contribution is -3.03. The largest absolute Gasteiger partial charge is 0.566 e. The van der Waals surface area contributed by atoms with Crippen LogP contribution in [-0.4, -0.2) is 47.2 Å². The van der Waals surface area contributed by atoms with Gasteiger partial charge in [-0.25, -0.2) is 4.79 Å². The van der Waals surface area contributed by atoms with Crippen molar-refractivity contribution in [2.75, 3.05) is 19.0 Å². The van der Waals surface area contributed by atoms with E-state index in [2.05, 4.69) is 10.2 Å². The molecule has 0 aromatic carbocycles. The number of esters is 1. The van der Waals surface area contributed by atoms with Crippen LogP contribution in [0, 0.1) is 10.6 Å². The van der Waals surface area contributed by atoms with Gasteiger partial charge in [0.1, 0.15) is 12.6 Å². The van der Waals surface area contributed by atoms with Gasteiger partial charge < -0.3 is 15.3 Å². The molecule has 3 N–H and O–H groups in total. The molecule has 0 aromatic heterocycles. The number of hydrogen-bond acceptors (Lipinski definition) is 8. The van der Waals surface area contributed by atoms with Crippen molar-refractivity contribution in [2.45, 2.75) is 33.7 Å². The predicted octanol–water partition coefficient (Wildman–Crippen LogP) is -0.956. The number of thioether (sulfide) groups is 1. The van der Waals surface area contributed by atoms with Gasteiger partial charge in [0.2, 0.25) is 5.91 Å². The molecule has 22 heavy (non-hydrogen) atoms. The first-order chi connectivity index (χ1) is 10.1. The maximum atomic E-state index is 12.1. The highest BCUT2D eigenvalue weighted by molar-refractivity contribution is 8.13. The van der Waals surface area contributed by atoms with Gasteiger partial charge in [-0.05, 0) is 20.8 Å². The molecule has 0 heterocycles. The zero-order valence-corrected chi connectivity index (χ0v) is 13.8. The van der Waals surface area contributed by atoms with Crippen LogP contribution in [0.1, 0.15) is 27.7 Å². The van der Waals surface area contributed by atoms with E-state index < -0.39 is 28.7 Å². The van der Waals surface area contributed by atoms with Gasteiger partial charge in [-0.2, -0.15) is 10.0 Å². The third-order valence-corrected chi connectivity index (χ3v) is 3.75. The number of amides is 1. The van der Waals surface area contributed by atoms with E-state index in [1.54, 1.807) is 6.92 Å². The molecule has 0 fully saturated rings. The molecule has 1 unspecified atom stereocenters. The van der Waals surface area contributed by atoms with Crippen LogP contribution >= 0.6 is 11.8 Å². The van der Waals surface area contributed by atoms with Crippen molar-refractivity contribution in [2.24, 2.45) is 5.41 Å². The molecule has 9 nitrogen and oxygen atoms in total. The Bertz CT molecular complexity index is 401. The van der Waals surface area contributed by atoms with E-state index in [9.17, 15) is 19.6 Å². The zero-order valence-electron chi connectivity index (χ0n) is 13.0. The van der Waals surface area contributed by atoms with Crippen LogP contribution in [0.25, 0.3) is 0 Å². The second kappa shape index (κ2) is 9.74. The van der Waals surface area contributed by atoms with Crippen molar-refractivity contribution in [3.05, 3.63) is 5.21 Å². The normalized spacial score (nSPS) is 14.1. The summed E-state index contributed by atoms with van der Waals surface area (Å²) >= 11 is 0.812. The van der Waals surface area contributed by atoms with E-state index in [1.807, 2.05) is 0 Å². The van der Waals surface area contributed by atoms with Gasteiger partial charge in [0, 0.05) is 12.7 Å². The molecule has 0 spiro atoms. The third-order valence-electron chi connectivity index (χ3n) is 2.44. The summed E-state index contributed by atoms with van der Waals surface area (Å²) in [7, 11) is 0. The Kier molecular flexibility index (Phi) is 9.21. The SMILES string of the molecule is CCOC(=O)[C@H](CSC(=O)C(C)(C)CO[NH+]([O-])O)NC(C)=O. The first-order valence-electron chi connectivity index (χ1n) is 6.56. The summed E-state index contributed by atoms with van der Waals surface area (Å²) in [5.74, 6) is -1.05. The van der Waals surface area contributed by atoms with Crippen molar-refractivity contribution in [3.63, 3.8) is 0 Å². The summed E-state index contributed by atoms with van der Waals surface area (Å²) in [6, 6.07) is -0.942. The zero-order chi connectivity index (χ0) is 17.3. The molecular formula is C12H22N2O7S. The summed E-state index contributed by atoms with van der Waals surface area (Å²) in [4.78, 5) is 39.3. The predicted molar refractivity (Wildman–Crippen MR) is 77.6 cm³/mol. The average molecular weight is 338 g/mol. The molecule has 0 radical (unpaired) electrons. The van der Waals surface area contributed by atoms with Crippen molar-refractivity contribution < 1.29 is 34.6 Å². The average Bonchev–Trinajstić information content (AvgIpc) is 2.40. The van der Waals surface area contributed by atoms with Crippen LogP contribution in [-0.2, 0) is 24.0 Å². The maximum Gasteiger partial charge on any atom is 0.329 e. The van der Waals surface area contributed by atoms with Crippen LogP contribution in [0.3, 0.4) is 0 Å². The molecule has 2 atom stereocenters. The van der Waals surface area contributed by atoms with E-state index in [4.69, 9.17) is 9.94 Å². The van der Waals surface area contributed by atoms with E-state index in [0.717, 1.165) is 11.8 Å². The molecule has 0 rings (SSSR count). The van der Waals surface area contributed by atoms with E-state index in [0.29, 0.717) is 0 Å². The molecule has 0 aliphatic carbocycles. The van der Waals surface area contributed by atoms with Gasteiger partial charge in [0.05, 0.1) is 12.0 Å². The Morgan fingerprint density at radius 3 is 2.45 bits per heavy atom. The number of nitrogens with one attached hydrogen (secondary N) is 2. The quantitative estimate of drug-likeness (QED) is 0.362. The van der Waals surface area contributed by atoms with Gasteiger partial charge in [0.15, 0.2) is 5.12 Å². The monoisotopic (exact) mass is 338 g/mol. The Labute approximate surface area is 132 Å². The highest BCUT2D eigenvalue weighted by atomic mass is 32.2. The minimum Gasteiger partial charge on any atom is -0.566 e. The molecule has 0 aliphatic rings. The molecule has 0 aromatic rings. The Morgan fingerprint density at radius 1 is 1.41 bits per heavy atom. The van der Waals surface area contributed by atoms with Gasteiger partial charge >= 0.3 is 5.97 Å². The lowest BCUT2D eigenvalue weighted by molar-refractivity contribution is -1.21. The van der Waals surface area contributed by atoms with Crippen molar-refractivity contribution in [1.29, 1.82) is 0 Å². The number of quaternary nitrogens is 1. The highest BCUT2D eigenvalue weighted by Crippen LogP contribution is 2.24. The molecular weight excluding hydrogens is 316 g/mol. The first-order valence-corrected chi connectivity index (χ1v) is 7.55. The van der Waals surface area contributed by atoms with Gasteiger partial charge in [-0.1, -0.05) is 17.2 Å². The summed E-state index contributed by atoms with van der Waals surface area (Å²) in [6.45, 7) is 5.81. The number of ether oxygens (including phenoxy) is 1. The van der Waals surface area contributed by atoms with E-state index in [1.165, 1.54) is 20.8 Å². The van der Waals surface area contributed by atoms with Gasteiger partial charge in [-0.15, -0.1) is 0 Å². The third kappa shape index (κ3) is 8.29. The number of carbonyl (C=O) groups excluding carboxylic acids is 3. The van der Waals surface area contributed by atoms with Crippen LogP contribution in [0.2, 0.25) is 0 Å². The lowest BCUT2D eigenvalue weighted by Gasteiger charge is -2.23. The van der Waals surface area contributed by atoms with E-state index in [-0.39, 0.29) is 24.1 Å². The van der Waals surface area contributed by atoms with Crippen LogP contribution in [0.4, 0.5) is 0 Å². The molecule has 0 saturated heterocycles. The molecule has 128 valence electrons. The Balaban J connectivity index is 4.59. The molecule has 0 aliphatic heterocycles. The van der Waals surface area contributed by atoms with Crippen LogP contribution < -0.4 is 10.7 Å². The smallest absolute Gasteiger partial charge is 0.329 e. The molecule has 10 heteroatoms.